The first-order valence-electron chi connectivity index (χ1n) is 5.20. The minimum Gasteiger partial charge on any atom is -0.480 e. The summed E-state index contributed by atoms with van der Waals surface area (Å²) in [5.41, 5.74) is 0.864. The van der Waals surface area contributed by atoms with Crippen LogP contribution in [0, 0.1) is 0 Å². The number of hydrogen-bond acceptors (Lipinski definition) is 4. The number of aromatic nitrogens is 2. The van der Waals surface area contributed by atoms with E-state index in [-0.39, 0.29) is 6.54 Å². The second-order valence-corrected chi connectivity index (χ2v) is 4.44. The third-order valence-electron chi connectivity index (χ3n) is 2.16. The average Bonchev–Trinajstić information content (AvgIpc) is 2.37. The van der Waals surface area contributed by atoms with Crippen LogP contribution in [0.4, 0.5) is 5.82 Å². The van der Waals surface area contributed by atoms with Crippen LogP contribution in [0.5, 0.6) is 0 Å². The van der Waals surface area contributed by atoms with Crippen LogP contribution in [0.3, 0.4) is 0 Å². The van der Waals surface area contributed by atoms with Gasteiger partial charge in [-0.2, -0.15) is 0 Å². The molecule has 0 aliphatic heterocycles. The second kappa shape index (κ2) is 5.59. The molecule has 92 valence electrons. The molecule has 1 heterocycles. The van der Waals surface area contributed by atoms with Crippen LogP contribution in [-0.2, 0) is 4.79 Å². The van der Waals surface area contributed by atoms with E-state index in [2.05, 4.69) is 31.2 Å². The molecule has 1 aromatic carbocycles. The SMILES string of the molecule is O=C(O)CNc1ccnc(-c2cccc(Br)c2)n1. The fourth-order valence-corrected chi connectivity index (χ4v) is 1.79. The van der Waals surface area contributed by atoms with Crippen LogP contribution in [0.2, 0.25) is 0 Å². The van der Waals surface area contributed by atoms with Gasteiger partial charge in [0.05, 0.1) is 0 Å². The van der Waals surface area contributed by atoms with Crippen LogP contribution >= 0.6 is 15.9 Å². The summed E-state index contributed by atoms with van der Waals surface area (Å²) in [6.07, 6.45) is 1.59. The monoisotopic (exact) mass is 307 g/mol. The van der Waals surface area contributed by atoms with E-state index in [9.17, 15) is 4.79 Å². The number of carbonyl (C=O) groups is 1. The topological polar surface area (TPSA) is 75.1 Å². The average molecular weight is 308 g/mol. The van der Waals surface area contributed by atoms with E-state index in [4.69, 9.17) is 5.11 Å². The van der Waals surface area contributed by atoms with Crippen molar-refractivity contribution in [3.05, 3.63) is 41.0 Å². The molecular weight excluding hydrogens is 298 g/mol. The number of rotatable bonds is 4. The van der Waals surface area contributed by atoms with Crippen molar-refractivity contribution >= 4 is 27.7 Å². The highest BCUT2D eigenvalue weighted by Gasteiger charge is 2.04. The lowest BCUT2D eigenvalue weighted by molar-refractivity contribution is -0.134. The second-order valence-electron chi connectivity index (χ2n) is 3.52. The van der Waals surface area contributed by atoms with Crippen LogP contribution in [0.15, 0.2) is 41.0 Å². The van der Waals surface area contributed by atoms with E-state index in [0.29, 0.717) is 11.6 Å². The van der Waals surface area contributed by atoms with Crippen LogP contribution < -0.4 is 5.32 Å². The van der Waals surface area contributed by atoms with Gasteiger partial charge in [-0.15, -0.1) is 0 Å². The largest absolute Gasteiger partial charge is 0.480 e. The zero-order chi connectivity index (χ0) is 13.0. The molecule has 2 rings (SSSR count). The quantitative estimate of drug-likeness (QED) is 0.907. The minimum atomic E-state index is -0.933. The van der Waals surface area contributed by atoms with Gasteiger partial charge in [0.25, 0.3) is 0 Å². The predicted molar refractivity (Wildman–Crippen MR) is 71.3 cm³/mol. The Bertz CT molecular complexity index is 575. The van der Waals surface area contributed by atoms with E-state index in [1.54, 1.807) is 12.3 Å². The molecule has 0 bridgehead atoms. The molecule has 0 amide bonds. The van der Waals surface area contributed by atoms with Gasteiger partial charge in [-0.1, -0.05) is 28.1 Å². The Hall–Kier alpha value is -1.95. The summed E-state index contributed by atoms with van der Waals surface area (Å²) in [6, 6.07) is 9.22. The van der Waals surface area contributed by atoms with Crippen molar-refractivity contribution in [3.8, 4) is 11.4 Å². The Morgan fingerprint density at radius 1 is 1.39 bits per heavy atom. The first kappa shape index (κ1) is 12.5. The number of carboxylic acids is 1. The third-order valence-corrected chi connectivity index (χ3v) is 2.65. The number of halogens is 1. The summed E-state index contributed by atoms with van der Waals surface area (Å²) in [5, 5.41) is 11.3. The molecule has 0 saturated carbocycles. The maximum atomic E-state index is 10.5. The first-order chi connectivity index (χ1) is 8.65. The van der Waals surface area contributed by atoms with Crippen molar-refractivity contribution in [3.63, 3.8) is 0 Å². The van der Waals surface area contributed by atoms with Gasteiger partial charge in [0.2, 0.25) is 0 Å². The molecule has 0 atom stereocenters. The maximum absolute atomic E-state index is 10.5. The Kier molecular flexibility index (Phi) is 3.88. The zero-order valence-corrected chi connectivity index (χ0v) is 10.9. The molecule has 0 saturated heterocycles. The predicted octanol–water partition coefficient (Wildman–Crippen LogP) is 2.40. The molecule has 0 spiro atoms. The highest BCUT2D eigenvalue weighted by atomic mass is 79.9. The molecule has 5 nitrogen and oxygen atoms in total. The van der Waals surface area contributed by atoms with Gasteiger partial charge < -0.3 is 10.4 Å². The first-order valence-corrected chi connectivity index (χ1v) is 5.99. The van der Waals surface area contributed by atoms with E-state index in [0.717, 1.165) is 10.0 Å². The minimum absolute atomic E-state index is 0.172. The van der Waals surface area contributed by atoms with Crippen molar-refractivity contribution in [2.75, 3.05) is 11.9 Å². The third kappa shape index (κ3) is 3.27. The van der Waals surface area contributed by atoms with Crippen LogP contribution in [0.1, 0.15) is 0 Å². The number of anilines is 1. The number of nitrogens with zero attached hydrogens (tertiary/aromatic N) is 2. The molecule has 0 fully saturated rings. The van der Waals surface area contributed by atoms with Crippen molar-refractivity contribution in [2.45, 2.75) is 0 Å². The Morgan fingerprint density at radius 2 is 2.22 bits per heavy atom. The molecule has 2 N–H and O–H groups in total. The van der Waals surface area contributed by atoms with Crippen LogP contribution in [0.25, 0.3) is 11.4 Å². The van der Waals surface area contributed by atoms with E-state index >= 15 is 0 Å². The van der Waals surface area contributed by atoms with Gasteiger partial charge in [-0.3, -0.25) is 4.79 Å². The standard InChI is InChI=1S/C12H10BrN3O2/c13-9-3-1-2-8(6-9)12-14-5-4-10(16-12)15-7-11(17)18/h1-6H,7H2,(H,17,18)(H,14,15,16). The van der Waals surface area contributed by atoms with Crippen LogP contribution in [-0.4, -0.2) is 27.6 Å². The van der Waals surface area contributed by atoms with E-state index in [1.165, 1.54) is 0 Å². The molecule has 2 aromatic rings. The summed E-state index contributed by atoms with van der Waals surface area (Å²) in [4.78, 5) is 18.9. The van der Waals surface area contributed by atoms with Gasteiger partial charge >= 0.3 is 5.97 Å². The summed E-state index contributed by atoms with van der Waals surface area (Å²) >= 11 is 3.38. The van der Waals surface area contributed by atoms with E-state index < -0.39 is 5.97 Å². The summed E-state index contributed by atoms with van der Waals surface area (Å²) in [6.45, 7) is -0.172. The highest BCUT2D eigenvalue weighted by Crippen LogP contribution is 2.20. The van der Waals surface area contributed by atoms with Gasteiger partial charge in [-0.25, -0.2) is 9.97 Å². The summed E-state index contributed by atoms with van der Waals surface area (Å²) in [7, 11) is 0. The lowest BCUT2D eigenvalue weighted by atomic mass is 10.2. The van der Waals surface area contributed by atoms with E-state index in [1.807, 2.05) is 24.3 Å². The lowest BCUT2D eigenvalue weighted by Gasteiger charge is -2.05. The van der Waals surface area contributed by atoms with Crippen molar-refractivity contribution < 1.29 is 9.90 Å². The number of hydrogen-bond donors (Lipinski definition) is 2. The molecule has 18 heavy (non-hydrogen) atoms. The zero-order valence-electron chi connectivity index (χ0n) is 9.30. The normalized spacial score (nSPS) is 10.1. The molecule has 1 aromatic heterocycles. The number of benzene rings is 1. The molecule has 6 heteroatoms. The molecule has 0 aliphatic carbocycles. The summed E-state index contributed by atoms with van der Waals surface area (Å²) < 4.78 is 0.937. The van der Waals surface area contributed by atoms with Gasteiger partial charge in [0.15, 0.2) is 5.82 Å². The molecule has 0 radical (unpaired) electrons. The molecular formula is C12H10BrN3O2. The van der Waals surface area contributed by atoms with Gasteiger partial charge in [0, 0.05) is 16.2 Å². The van der Waals surface area contributed by atoms with Crippen molar-refractivity contribution in [1.29, 1.82) is 0 Å². The summed E-state index contributed by atoms with van der Waals surface area (Å²) in [5.74, 6) is 0.103. The highest BCUT2D eigenvalue weighted by molar-refractivity contribution is 9.10. The lowest BCUT2D eigenvalue weighted by Crippen LogP contribution is -2.13. The fourth-order valence-electron chi connectivity index (χ4n) is 1.39. The Morgan fingerprint density at radius 3 is 2.94 bits per heavy atom. The Labute approximate surface area is 112 Å². The van der Waals surface area contributed by atoms with Gasteiger partial charge in [-0.05, 0) is 18.2 Å². The number of nitrogens with one attached hydrogen (secondary N) is 1. The maximum Gasteiger partial charge on any atom is 0.322 e. The fraction of sp³-hybridized carbons (Fsp3) is 0.0833. The van der Waals surface area contributed by atoms with Gasteiger partial charge in [0.1, 0.15) is 12.4 Å². The molecule has 0 unspecified atom stereocenters. The Balaban J connectivity index is 2.24. The number of carboxylic acid groups (broad SMARTS) is 1. The van der Waals surface area contributed by atoms with Crippen molar-refractivity contribution in [2.24, 2.45) is 0 Å². The van der Waals surface area contributed by atoms with Crippen molar-refractivity contribution in [1.82, 2.24) is 9.97 Å². The molecule has 0 aliphatic rings. The number of aliphatic carboxylic acids is 1. The smallest absolute Gasteiger partial charge is 0.322 e.